The van der Waals surface area contributed by atoms with E-state index in [1.165, 1.54) is 11.3 Å². The average molecular weight is 383 g/mol. The lowest BCUT2D eigenvalue weighted by molar-refractivity contribution is -0.122. The molecule has 6 nitrogen and oxygen atoms in total. The Balaban J connectivity index is 1.46. The van der Waals surface area contributed by atoms with Crippen LogP contribution in [0.25, 0.3) is 0 Å². The van der Waals surface area contributed by atoms with E-state index in [4.69, 9.17) is 0 Å². The third-order valence-corrected chi connectivity index (χ3v) is 6.08. The minimum Gasteiger partial charge on any atom is -0.312 e. The van der Waals surface area contributed by atoms with Crippen LogP contribution in [0.5, 0.6) is 0 Å². The first-order chi connectivity index (χ1) is 12.8. The fraction of sp³-hybridized carbons (Fsp3) is 0.400. The second-order valence-corrected chi connectivity index (χ2v) is 8.97. The summed E-state index contributed by atoms with van der Waals surface area (Å²) in [7, 11) is 0. The van der Waals surface area contributed by atoms with Gasteiger partial charge in [0.1, 0.15) is 0 Å². The van der Waals surface area contributed by atoms with Gasteiger partial charge in [-0.1, -0.05) is 43.4 Å². The van der Waals surface area contributed by atoms with Gasteiger partial charge in [-0.2, -0.15) is 0 Å². The quantitative estimate of drug-likeness (QED) is 0.882. The van der Waals surface area contributed by atoms with Crippen LogP contribution in [0.15, 0.2) is 30.3 Å². The molecule has 2 heterocycles. The summed E-state index contributed by atoms with van der Waals surface area (Å²) in [6, 6.07) is 9.35. The molecule has 4 rings (SSSR count). The van der Waals surface area contributed by atoms with Crippen LogP contribution in [0, 0.1) is 11.3 Å². The van der Waals surface area contributed by atoms with Gasteiger partial charge in [0, 0.05) is 25.1 Å². The van der Waals surface area contributed by atoms with E-state index >= 15 is 0 Å². The summed E-state index contributed by atoms with van der Waals surface area (Å²) in [5.74, 6) is -0.618. The number of amides is 2. The Morgan fingerprint density at radius 3 is 2.70 bits per heavy atom. The number of aromatic nitrogens is 1. The van der Waals surface area contributed by atoms with E-state index in [0.717, 1.165) is 17.8 Å². The van der Waals surface area contributed by atoms with Crippen molar-refractivity contribution in [1.29, 1.82) is 0 Å². The number of ketones is 1. The number of rotatable bonds is 3. The second kappa shape index (κ2) is 6.56. The lowest BCUT2D eigenvalue weighted by atomic mass is 9.78. The molecule has 0 spiro atoms. The van der Waals surface area contributed by atoms with Crippen molar-refractivity contribution in [3.05, 3.63) is 40.9 Å². The lowest BCUT2D eigenvalue weighted by Crippen LogP contribution is -2.28. The van der Waals surface area contributed by atoms with Crippen LogP contribution in [0.2, 0.25) is 0 Å². The van der Waals surface area contributed by atoms with Crippen molar-refractivity contribution in [3.8, 4) is 0 Å². The molecular formula is C20H21N3O3S. The first-order valence-electron chi connectivity index (χ1n) is 9.01. The summed E-state index contributed by atoms with van der Waals surface area (Å²) < 4.78 is 0. The molecule has 0 saturated carbocycles. The van der Waals surface area contributed by atoms with E-state index in [1.807, 2.05) is 44.2 Å². The second-order valence-electron chi connectivity index (χ2n) is 7.97. The number of carbonyl (C=O) groups excluding carboxylic acids is 3. The van der Waals surface area contributed by atoms with Gasteiger partial charge in [-0.05, 0) is 24.0 Å². The Morgan fingerprint density at radius 2 is 1.96 bits per heavy atom. The summed E-state index contributed by atoms with van der Waals surface area (Å²) in [4.78, 5) is 44.0. The Bertz CT molecular complexity index is 920. The van der Waals surface area contributed by atoms with Crippen molar-refractivity contribution in [2.24, 2.45) is 11.3 Å². The van der Waals surface area contributed by atoms with Gasteiger partial charge in [0.05, 0.1) is 16.5 Å². The minimum atomic E-state index is -0.425. The molecule has 1 N–H and O–H groups in total. The molecule has 2 amide bonds. The van der Waals surface area contributed by atoms with Gasteiger partial charge in [0.25, 0.3) is 0 Å². The van der Waals surface area contributed by atoms with Crippen molar-refractivity contribution < 1.29 is 14.4 Å². The van der Waals surface area contributed by atoms with E-state index < -0.39 is 5.92 Å². The minimum absolute atomic E-state index is 0.0586. The molecule has 1 atom stereocenters. The molecule has 2 aromatic rings. The molecule has 7 heteroatoms. The number of fused-ring (bicyclic) bond motifs is 1. The first-order valence-corrected chi connectivity index (χ1v) is 9.83. The average Bonchev–Trinajstić information content (AvgIpc) is 3.18. The predicted molar refractivity (Wildman–Crippen MR) is 104 cm³/mol. The molecule has 1 aliphatic carbocycles. The zero-order valence-corrected chi connectivity index (χ0v) is 16.1. The van der Waals surface area contributed by atoms with Crippen molar-refractivity contribution in [1.82, 2.24) is 4.98 Å². The first kappa shape index (κ1) is 17.9. The molecule has 1 aromatic carbocycles. The molecule has 1 aromatic heterocycles. The maximum absolute atomic E-state index is 12.7. The number of thiazole rings is 1. The number of benzene rings is 1. The summed E-state index contributed by atoms with van der Waals surface area (Å²) in [5, 5.41) is 3.26. The highest BCUT2D eigenvalue weighted by atomic mass is 32.1. The number of nitrogens with one attached hydrogen (secondary N) is 1. The molecule has 0 bridgehead atoms. The molecule has 1 saturated heterocycles. The molecular weight excluding hydrogens is 362 g/mol. The van der Waals surface area contributed by atoms with Gasteiger partial charge in [-0.25, -0.2) is 4.98 Å². The number of Topliss-reactive ketones (excluding diaryl/α,β-unsaturated/α-hetero) is 1. The summed E-state index contributed by atoms with van der Waals surface area (Å²) >= 11 is 1.24. The maximum Gasteiger partial charge on any atom is 0.231 e. The van der Waals surface area contributed by atoms with Crippen LogP contribution in [0.1, 0.15) is 42.1 Å². The topological polar surface area (TPSA) is 79.4 Å². The fourth-order valence-electron chi connectivity index (χ4n) is 3.72. The number of anilines is 2. The highest BCUT2D eigenvalue weighted by Crippen LogP contribution is 2.38. The third kappa shape index (κ3) is 3.51. The molecule has 2 aliphatic rings. The smallest absolute Gasteiger partial charge is 0.231 e. The van der Waals surface area contributed by atoms with Crippen molar-refractivity contribution in [2.45, 2.75) is 33.1 Å². The van der Waals surface area contributed by atoms with Crippen molar-refractivity contribution in [2.75, 3.05) is 16.8 Å². The zero-order chi connectivity index (χ0) is 19.2. The monoisotopic (exact) mass is 383 g/mol. The van der Waals surface area contributed by atoms with Crippen LogP contribution in [0.4, 0.5) is 10.8 Å². The number of hydrogen-bond donors (Lipinski definition) is 1. The molecule has 27 heavy (non-hydrogen) atoms. The summed E-state index contributed by atoms with van der Waals surface area (Å²) in [6.07, 6.45) is 1.40. The van der Waals surface area contributed by atoms with E-state index in [0.29, 0.717) is 23.0 Å². The van der Waals surface area contributed by atoms with E-state index in [-0.39, 0.29) is 29.4 Å². The van der Waals surface area contributed by atoms with Crippen LogP contribution < -0.4 is 10.2 Å². The van der Waals surface area contributed by atoms with Crippen LogP contribution in [0.3, 0.4) is 0 Å². The molecule has 0 radical (unpaired) electrons. The van der Waals surface area contributed by atoms with Crippen LogP contribution >= 0.6 is 11.3 Å². The molecule has 1 aliphatic heterocycles. The zero-order valence-electron chi connectivity index (χ0n) is 15.3. The normalized spacial score (nSPS) is 21.3. The van der Waals surface area contributed by atoms with Crippen LogP contribution in [-0.2, 0) is 16.0 Å². The Kier molecular flexibility index (Phi) is 4.34. The van der Waals surface area contributed by atoms with Crippen molar-refractivity contribution in [3.63, 3.8) is 0 Å². The summed E-state index contributed by atoms with van der Waals surface area (Å²) in [6.45, 7) is 4.45. The summed E-state index contributed by atoms with van der Waals surface area (Å²) in [5.41, 5.74) is 1.47. The van der Waals surface area contributed by atoms with Gasteiger partial charge in [0.15, 0.2) is 10.9 Å². The van der Waals surface area contributed by atoms with E-state index in [1.54, 1.807) is 4.90 Å². The predicted octanol–water partition coefficient (Wildman–Crippen LogP) is 3.29. The largest absolute Gasteiger partial charge is 0.312 e. The number of carbonyl (C=O) groups is 3. The number of nitrogens with zero attached hydrogens (tertiary/aromatic N) is 2. The van der Waals surface area contributed by atoms with E-state index in [9.17, 15) is 14.4 Å². The molecule has 140 valence electrons. The standard InChI is InChI=1S/C20H21N3O3S/c1-20(2)9-14-17(15(24)10-20)27-19(21-14)22-18(26)12-8-16(25)23(11-12)13-6-4-3-5-7-13/h3-7,12H,8-11H2,1-2H3,(H,21,22,26)/t12-/m1/s1. The SMILES string of the molecule is CC1(C)CC(=O)c2sc(NC(=O)[C@@H]3CC(=O)N(c4ccccc4)C3)nc2C1. The number of para-hydroxylation sites is 1. The van der Waals surface area contributed by atoms with Gasteiger partial charge >= 0.3 is 0 Å². The third-order valence-electron chi connectivity index (χ3n) is 5.03. The number of hydrogen-bond acceptors (Lipinski definition) is 5. The van der Waals surface area contributed by atoms with Gasteiger partial charge in [0.2, 0.25) is 11.8 Å². The van der Waals surface area contributed by atoms with Crippen LogP contribution in [-0.4, -0.2) is 29.1 Å². The molecule has 0 unspecified atom stereocenters. The van der Waals surface area contributed by atoms with Gasteiger partial charge in [-0.3, -0.25) is 14.4 Å². The highest BCUT2D eigenvalue weighted by molar-refractivity contribution is 7.17. The maximum atomic E-state index is 12.7. The highest BCUT2D eigenvalue weighted by Gasteiger charge is 2.37. The van der Waals surface area contributed by atoms with Gasteiger partial charge < -0.3 is 10.2 Å². The van der Waals surface area contributed by atoms with E-state index in [2.05, 4.69) is 10.3 Å². The Morgan fingerprint density at radius 1 is 1.22 bits per heavy atom. The molecule has 1 fully saturated rings. The Hall–Kier alpha value is -2.54. The van der Waals surface area contributed by atoms with Crippen molar-refractivity contribution >= 4 is 39.8 Å². The Labute approximate surface area is 161 Å². The fourth-order valence-corrected chi connectivity index (χ4v) is 4.64. The lowest BCUT2D eigenvalue weighted by Gasteiger charge is -2.26. The van der Waals surface area contributed by atoms with Gasteiger partial charge in [-0.15, -0.1) is 0 Å².